The van der Waals surface area contributed by atoms with Crippen LogP contribution in [0.1, 0.15) is 25.7 Å². The van der Waals surface area contributed by atoms with E-state index in [0.717, 1.165) is 0 Å². The van der Waals surface area contributed by atoms with Crippen LogP contribution in [-0.2, 0) is 14.3 Å². The standard InChI is InChI=1S/C12H15FO3S/c13-10-5-4-6-11(9-10)16-17(14,15)12-7-2-1-3-8-12/h1-3,7-8,10-11H,4-6,9H2. The maximum Gasteiger partial charge on any atom is 0.297 e. The summed E-state index contributed by atoms with van der Waals surface area (Å²) >= 11 is 0. The minimum absolute atomic E-state index is 0.126. The molecule has 94 valence electrons. The van der Waals surface area contributed by atoms with Gasteiger partial charge in [-0.25, -0.2) is 4.39 Å². The molecule has 0 heterocycles. The molecule has 5 heteroatoms. The van der Waals surface area contributed by atoms with Gasteiger partial charge in [-0.15, -0.1) is 0 Å². The summed E-state index contributed by atoms with van der Waals surface area (Å²) in [4.78, 5) is 0.126. The SMILES string of the molecule is O=S(=O)(OC1CCCC(F)C1)c1ccccc1. The van der Waals surface area contributed by atoms with Crippen LogP contribution in [0.3, 0.4) is 0 Å². The first-order valence-corrected chi connectivity index (χ1v) is 7.11. The van der Waals surface area contributed by atoms with E-state index in [0.29, 0.717) is 19.3 Å². The Labute approximate surface area is 101 Å². The molecule has 0 bridgehead atoms. The lowest BCUT2D eigenvalue weighted by atomic mass is 9.96. The molecule has 1 aromatic carbocycles. The highest BCUT2D eigenvalue weighted by Crippen LogP contribution is 2.26. The molecule has 1 aliphatic carbocycles. The summed E-state index contributed by atoms with van der Waals surface area (Å²) in [6.07, 6.45) is 0.489. The average Bonchev–Trinajstić information content (AvgIpc) is 2.29. The van der Waals surface area contributed by atoms with Crippen molar-refractivity contribution < 1.29 is 17.0 Å². The van der Waals surface area contributed by atoms with Crippen molar-refractivity contribution in [3.05, 3.63) is 30.3 Å². The lowest BCUT2D eigenvalue weighted by Crippen LogP contribution is -2.26. The van der Waals surface area contributed by atoms with Crippen molar-refractivity contribution in [1.29, 1.82) is 0 Å². The molecule has 1 fully saturated rings. The fourth-order valence-corrected chi connectivity index (χ4v) is 3.13. The minimum Gasteiger partial charge on any atom is -0.263 e. The predicted molar refractivity (Wildman–Crippen MR) is 61.9 cm³/mol. The molecule has 0 aliphatic heterocycles. The van der Waals surface area contributed by atoms with E-state index in [1.807, 2.05) is 0 Å². The molecule has 0 N–H and O–H groups in total. The lowest BCUT2D eigenvalue weighted by molar-refractivity contribution is 0.108. The van der Waals surface area contributed by atoms with Crippen LogP contribution in [0.4, 0.5) is 4.39 Å². The molecule has 2 atom stereocenters. The molecule has 0 spiro atoms. The minimum atomic E-state index is -3.75. The maximum absolute atomic E-state index is 13.1. The summed E-state index contributed by atoms with van der Waals surface area (Å²) in [6.45, 7) is 0. The zero-order chi connectivity index (χ0) is 12.3. The Hall–Kier alpha value is -0.940. The molecule has 3 nitrogen and oxygen atoms in total. The van der Waals surface area contributed by atoms with Crippen molar-refractivity contribution in [1.82, 2.24) is 0 Å². The van der Waals surface area contributed by atoms with Gasteiger partial charge in [-0.1, -0.05) is 18.2 Å². The summed E-state index contributed by atoms with van der Waals surface area (Å²) in [5.41, 5.74) is 0. The summed E-state index contributed by atoms with van der Waals surface area (Å²) in [5.74, 6) is 0. The van der Waals surface area contributed by atoms with E-state index in [-0.39, 0.29) is 11.3 Å². The van der Waals surface area contributed by atoms with E-state index in [1.165, 1.54) is 12.1 Å². The van der Waals surface area contributed by atoms with Crippen molar-refractivity contribution in [3.63, 3.8) is 0 Å². The number of hydrogen-bond donors (Lipinski definition) is 0. The van der Waals surface area contributed by atoms with E-state index in [2.05, 4.69) is 0 Å². The highest BCUT2D eigenvalue weighted by Gasteiger charge is 2.27. The molecule has 0 radical (unpaired) electrons. The van der Waals surface area contributed by atoms with Crippen LogP contribution in [-0.4, -0.2) is 20.7 Å². The third-order valence-electron chi connectivity index (χ3n) is 2.86. The van der Waals surface area contributed by atoms with Crippen molar-refractivity contribution in [2.45, 2.75) is 42.9 Å². The maximum atomic E-state index is 13.1. The number of hydrogen-bond acceptors (Lipinski definition) is 3. The Bertz CT molecular complexity index is 458. The zero-order valence-electron chi connectivity index (χ0n) is 9.38. The van der Waals surface area contributed by atoms with Crippen molar-refractivity contribution in [2.24, 2.45) is 0 Å². The van der Waals surface area contributed by atoms with Gasteiger partial charge in [-0.05, 0) is 31.4 Å². The van der Waals surface area contributed by atoms with Crippen LogP contribution < -0.4 is 0 Å². The normalized spacial score (nSPS) is 25.7. The quantitative estimate of drug-likeness (QED) is 0.783. The molecule has 0 aromatic heterocycles. The van der Waals surface area contributed by atoms with Crippen LogP contribution in [0.2, 0.25) is 0 Å². The number of halogens is 1. The smallest absolute Gasteiger partial charge is 0.263 e. The topological polar surface area (TPSA) is 43.4 Å². The van der Waals surface area contributed by atoms with Gasteiger partial charge in [0.05, 0.1) is 11.0 Å². The Morgan fingerprint density at radius 2 is 1.88 bits per heavy atom. The summed E-state index contributed by atoms with van der Waals surface area (Å²) in [6, 6.07) is 7.96. The number of alkyl halides is 1. The Morgan fingerprint density at radius 3 is 2.53 bits per heavy atom. The van der Waals surface area contributed by atoms with Gasteiger partial charge in [0.2, 0.25) is 0 Å². The second-order valence-electron chi connectivity index (χ2n) is 4.25. The summed E-state index contributed by atoms with van der Waals surface area (Å²) in [5, 5.41) is 0. The molecule has 1 aliphatic rings. The largest absolute Gasteiger partial charge is 0.297 e. The first-order chi connectivity index (χ1) is 8.08. The molecule has 1 aromatic rings. The Balaban J connectivity index is 2.07. The predicted octanol–water partition coefficient (Wildman–Crippen LogP) is 2.67. The van der Waals surface area contributed by atoms with E-state index < -0.39 is 22.4 Å². The van der Waals surface area contributed by atoms with Gasteiger partial charge in [-0.3, -0.25) is 4.18 Å². The van der Waals surface area contributed by atoms with E-state index >= 15 is 0 Å². The van der Waals surface area contributed by atoms with Gasteiger partial charge in [0, 0.05) is 6.42 Å². The second kappa shape index (κ2) is 5.14. The number of benzene rings is 1. The van der Waals surface area contributed by atoms with E-state index in [1.54, 1.807) is 18.2 Å². The number of rotatable bonds is 3. The molecule has 0 saturated heterocycles. The van der Waals surface area contributed by atoms with Crippen molar-refractivity contribution in [3.8, 4) is 0 Å². The highest BCUT2D eigenvalue weighted by molar-refractivity contribution is 7.86. The molecular formula is C12H15FO3S. The summed E-state index contributed by atoms with van der Waals surface area (Å²) < 4.78 is 41.9. The third kappa shape index (κ3) is 3.26. The van der Waals surface area contributed by atoms with Gasteiger partial charge in [0.25, 0.3) is 10.1 Å². The average molecular weight is 258 g/mol. The first-order valence-electron chi connectivity index (χ1n) is 5.70. The van der Waals surface area contributed by atoms with E-state index in [4.69, 9.17) is 4.18 Å². The zero-order valence-corrected chi connectivity index (χ0v) is 10.2. The molecule has 17 heavy (non-hydrogen) atoms. The van der Waals surface area contributed by atoms with Crippen LogP contribution in [0.5, 0.6) is 0 Å². The van der Waals surface area contributed by atoms with Crippen LogP contribution >= 0.6 is 0 Å². The molecule has 2 unspecified atom stereocenters. The second-order valence-corrected chi connectivity index (χ2v) is 5.82. The van der Waals surface area contributed by atoms with Gasteiger partial charge >= 0.3 is 0 Å². The van der Waals surface area contributed by atoms with Crippen LogP contribution in [0.25, 0.3) is 0 Å². The van der Waals surface area contributed by atoms with Gasteiger partial charge in [-0.2, -0.15) is 8.42 Å². The monoisotopic (exact) mass is 258 g/mol. The lowest BCUT2D eigenvalue weighted by Gasteiger charge is -2.24. The van der Waals surface area contributed by atoms with Gasteiger partial charge < -0.3 is 0 Å². The molecule has 2 rings (SSSR count). The molecule has 1 saturated carbocycles. The van der Waals surface area contributed by atoms with Crippen LogP contribution in [0, 0.1) is 0 Å². The van der Waals surface area contributed by atoms with Gasteiger partial charge in [0.1, 0.15) is 6.17 Å². The van der Waals surface area contributed by atoms with Gasteiger partial charge in [0.15, 0.2) is 0 Å². The Morgan fingerprint density at radius 1 is 1.18 bits per heavy atom. The molecular weight excluding hydrogens is 243 g/mol. The van der Waals surface area contributed by atoms with E-state index in [9.17, 15) is 12.8 Å². The summed E-state index contributed by atoms with van der Waals surface area (Å²) in [7, 11) is -3.75. The fourth-order valence-electron chi connectivity index (χ4n) is 2.00. The van der Waals surface area contributed by atoms with Crippen LogP contribution in [0.15, 0.2) is 35.2 Å². The molecule has 0 amide bonds. The first kappa shape index (κ1) is 12.5. The van der Waals surface area contributed by atoms with Crippen molar-refractivity contribution in [2.75, 3.05) is 0 Å². The highest BCUT2D eigenvalue weighted by atomic mass is 32.2. The third-order valence-corrected chi connectivity index (χ3v) is 4.23. The Kier molecular flexibility index (Phi) is 3.79. The fraction of sp³-hybridized carbons (Fsp3) is 0.500. The van der Waals surface area contributed by atoms with Crippen molar-refractivity contribution >= 4 is 10.1 Å².